The molecule has 0 atom stereocenters. The number of fused-ring (bicyclic) bond motifs is 1. The van der Waals surface area contributed by atoms with Crippen molar-refractivity contribution in [3.8, 4) is 0 Å². The number of ether oxygens (including phenoxy) is 1. The molecule has 1 fully saturated rings. The molecule has 0 amide bonds. The summed E-state index contributed by atoms with van der Waals surface area (Å²) in [5.41, 5.74) is 2.59. The van der Waals surface area contributed by atoms with Crippen LogP contribution in [-0.4, -0.2) is 30.6 Å². The first-order valence-electron chi connectivity index (χ1n) is 8.51. The van der Waals surface area contributed by atoms with Gasteiger partial charge in [0.15, 0.2) is 5.58 Å². The highest BCUT2D eigenvalue weighted by molar-refractivity contribution is 6.32. The van der Waals surface area contributed by atoms with Gasteiger partial charge in [0.2, 0.25) is 0 Å². The molecular formula is C18H23ClN2O3. The molecule has 0 aliphatic carbocycles. The fourth-order valence-electron chi connectivity index (χ4n) is 3.10. The summed E-state index contributed by atoms with van der Waals surface area (Å²) in [4.78, 5) is 18.5. The predicted molar refractivity (Wildman–Crippen MR) is 94.7 cm³/mol. The Morgan fingerprint density at radius 3 is 2.75 bits per heavy atom. The third-order valence-corrected chi connectivity index (χ3v) is 4.83. The molecule has 0 unspecified atom stereocenters. The van der Waals surface area contributed by atoms with Crippen LogP contribution in [-0.2, 0) is 9.53 Å². The van der Waals surface area contributed by atoms with Crippen molar-refractivity contribution in [1.82, 2.24) is 4.98 Å². The Morgan fingerprint density at radius 2 is 2.12 bits per heavy atom. The third kappa shape index (κ3) is 3.36. The van der Waals surface area contributed by atoms with E-state index in [9.17, 15) is 4.79 Å². The van der Waals surface area contributed by atoms with E-state index in [4.69, 9.17) is 20.8 Å². The monoisotopic (exact) mass is 350 g/mol. The van der Waals surface area contributed by atoms with E-state index in [-0.39, 0.29) is 11.9 Å². The standard InChI is InChI=1S/C18H23ClN2O3/c1-4-23-17(22)12-5-7-21(8-6-12)18-20-15-10-14(19)13(11(2)3)9-16(15)24-18/h9-12H,4-8H2,1-3H3. The van der Waals surface area contributed by atoms with Gasteiger partial charge >= 0.3 is 5.97 Å². The van der Waals surface area contributed by atoms with Crippen molar-refractivity contribution in [3.05, 3.63) is 22.7 Å². The zero-order valence-corrected chi connectivity index (χ0v) is 15.1. The molecule has 0 bridgehead atoms. The summed E-state index contributed by atoms with van der Waals surface area (Å²) in [6.45, 7) is 7.95. The summed E-state index contributed by atoms with van der Waals surface area (Å²) in [5.74, 6) is 0.214. The lowest BCUT2D eigenvalue weighted by Gasteiger charge is -2.29. The van der Waals surface area contributed by atoms with E-state index >= 15 is 0 Å². The van der Waals surface area contributed by atoms with Gasteiger partial charge < -0.3 is 14.1 Å². The molecule has 0 saturated carbocycles. The smallest absolute Gasteiger partial charge is 0.309 e. The van der Waals surface area contributed by atoms with Gasteiger partial charge in [0.1, 0.15) is 5.52 Å². The number of anilines is 1. The van der Waals surface area contributed by atoms with Gasteiger partial charge in [0.25, 0.3) is 6.01 Å². The molecule has 6 heteroatoms. The Kier molecular flexibility index (Phi) is 4.99. The summed E-state index contributed by atoms with van der Waals surface area (Å²) in [6, 6.07) is 4.44. The van der Waals surface area contributed by atoms with E-state index in [2.05, 4.69) is 23.7 Å². The molecule has 1 aliphatic heterocycles. The zero-order chi connectivity index (χ0) is 17.3. The second-order valence-corrected chi connectivity index (χ2v) is 6.91. The van der Waals surface area contributed by atoms with Crippen molar-refractivity contribution in [2.24, 2.45) is 5.92 Å². The van der Waals surface area contributed by atoms with E-state index in [0.29, 0.717) is 18.5 Å². The number of carbonyl (C=O) groups is 1. The maximum Gasteiger partial charge on any atom is 0.309 e. The van der Waals surface area contributed by atoms with Gasteiger partial charge in [-0.1, -0.05) is 25.4 Å². The molecule has 0 radical (unpaired) electrons. The summed E-state index contributed by atoms with van der Waals surface area (Å²) >= 11 is 6.33. The molecule has 130 valence electrons. The van der Waals surface area contributed by atoms with E-state index in [1.165, 1.54) is 0 Å². The van der Waals surface area contributed by atoms with Gasteiger partial charge in [0, 0.05) is 18.1 Å². The fraction of sp³-hybridized carbons (Fsp3) is 0.556. The quantitative estimate of drug-likeness (QED) is 0.766. The topological polar surface area (TPSA) is 55.6 Å². The van der Waals surface area contributed by atoms with Gasteiger partial charge in [-0.05, 0) is 43.4 Å². The first-order chi connectivity index (χ1) is 11.5. The maximum atomic E-state index is 11.8. The molecule has 1 aromatic heterocycles. The number of carbonyl (C=O) groups excluding carboxylic acids is 1. The van der Waals surface area contributed by atoms with Gasteiger partial charge in [-0.2, -0.15) is 4.98 Å². The SMILES string of the molecule is CCOC(=O)C1CCN(c2nc3cc(Cl)c(C(C)C)cc3o2)CC1. The van der Waals surface area contributed by atoms with Crippen LogP contribution >= 0.6 is 11.6 Å². The minimum atomic E-state index is -0.0944. The number of oxazole rings is 1. The van der Waals surface area contributed by atoms with Crippen LogP contribution in [0.1, 0.15) is 45.1 Å². The minimum Gasteiger partial charge on any atom is -0.466 e. The lowest BCUT2D eigenvalue weighted by atomic mass is 9.97. The van der Waals surface area contributed by atoms with Crippen molar-refractivity contribution < 1.29 is 13.9 Å². The first-order valence-corrected chi connectivity index (χ1v) is 8.89. The first kappa shape index (κ1) is 17.1. The van der Waals surface area contributed by atoms with E-state index < -0.39 is 0 Å². The van der Waals surface area contributed by atoms with E-state index in [1.54, 1.807) is 0 Å². The average molecular weight is 351 g/mol. The van der Waals surface area contributed by atoms with Crippen LogP contribution in [0.2, 0.25) is 5.02 Å². The lowest BCUT2D eigenvalue weighted by molar-refractivity contribution is -0.148. The average Bonchev–Trinajstić information content (AvgIpc) is 2.97. The number of piperidine rings is 1. The Morgan fingerprint density at radius 1 is 1.42 bits per heavy atom. The highest BCUT2D eigenvalue weighted by Gasteiger charge is 2.28. The number of rotatable bonds is 4. The summed E-state index contributed by atoms with van der Waals surface area (Å²) < 4.78 is 11.0. The van der Waals surface area contributed by atoms with Gasteiger partial charge in [0.05, 0.1) is 12.5 Å². The molecule has 24 heavy (non-hydrogen) atoms. The van der Waals surface area contributed by atoms with Crippen molar-refractivity contribution in [3.63, 3.8) is 0 Å². The van der Waals surface area contributed by atoms with Crippen molar-refractivity contribution >= 4 is 34.7 Å². The van der Waals surface area contributed by atoms with Crippen LogP contribution < -0.4 is 4.90 Å². The number of hydrogen-bond donors (Lipinski definition) is 0. The number of aromatic nitrogens is 1. The number of nitrogens with zero attached hydrogens (tertiary/aromatic N) is 2. The number of esters is 1. The second-order valence-electron chi connectivity index (χ2n) is 6.51. The van der Waals surface area contributed by atoms with E-state index in [0.717, 1.165) is 47.6 Å². The van der Waals surface area contributed by atoms with E-state index in [1.807, 2.05) is 19.1 Å². The molecule has 2 heterocycles. The normalized spacial score (nSPS) is 16.1. The number of hydrogen-bond acceptors (Lipinski definition) is 5. The molecule has 2 aromatic rings. The fourth-order valence-corrected chi connectivity index (χ4v) is 3.47. The highest BCUT2D eigenvalue weighted by atomic mass is 35.5. The maximum absolute atomic E-state index is 11.8. The Balaban J connectivity index is 1.75. The van der Waals surface area contributed by atoms with Crippen LogP contribution in [0, 0.1) is 5.92 Å². The minimum absolute atomic E-state index is 0.0208. The molecule has 1 aliphatic rings. The van der Waals surface area contributed by atoms with Crippen LogP contribution in [0.5, 0.6) is 0 Å². The Bertz CT molecular complexity index is 733. The third-order valence-electron chi connectivity index (χ3n) is 4.50. The number of halogens is 1. The van der Waals surface area contributed by atoms with Crippen molar-refractivity contribution in [2.45, 2.75) is 39.5 Å². The lowest BCUT2D eigenvalue weighted by Crippen LogP contribution is -2.37. The zero-order valence-electron chi connectivity index (χ0n) is 14.3. The highest BCUT2D eigenvalue weighted by Crippen LogP contribution is 2.32. The van der Waals surface area contributed by atoms with Crippen molar-refractivity contribution in [2.75, 3.05) is 24.6 Å². The predicted octanol–water partition coefficient (Wildman–Crippen LogP) is 4.38. The molecule has 3 rings (SSSR count). The van der Waals surface area contributed by atoms with Crippen molar-refractivity contribution in [1.29, 1.82) is 0 Å². The van der Waals surface area contributed by atoms with Crippen LogP contribution in [0.25, 0.3) is 11.1 Å². The Hall–Kier alpha value is -1.75. The van der Waals surface area contributed by atoms with Crippen LogP contribution in [0.4, 0.5) is 6.01 Å². The van der Waals surface area contributed by atoms with Gasteiger partial charge in [-0.15, -0.1) is 0 Å². The van der Waals surface area contributed by atoms with Gasteiger partial charge in [-0.3, -0.25) is 4.79 Å². The molecule has 0 N–H and O–H groups in total. The molecule has 1 saturated heterocycles. The van der Waals surface area contributed by atoms with Gasteiger partial charge in [-0.25, -0.2) is 0 Å². The molecular weight excluding hydrogens is 328 g/mol. The Labute approximate surface area is 146 Å². The second kappa shape index (κ2) is 7.01. The number of benzene rings is 1. The largest absolute Gasteiger partial charge is 0.466 e. The molecule has 5 nitrogen and oxygen atoms in total. The summed E-state index contributed by atoms with van der Waals surface area (Å²) in [7, 11) is 0. The summed E-state index contributed by atoms with van der Waals surface area (Å²) in [5, 5.41) is 0.721. The molecule has 0 spiro atoms. The van der Waals surface area contributed by atoms with Crippen LogP contribution in [0.3, 0.4) is 0 Å². The molecule has 1 aromatic carbocycles. The summed E-state index contributed by atoms with van der Waals surface area (Å²) in [6.07, 6.45) is 1.52. The van der Waals surface area contributed by atoms with Crippen LogP contribution in [0.15, 0.2) is 16.5 Å².